The van der Waals surface area contributed by atoms with E-state index in [0.29, 0.717) is 16.6 Å². The monoisotopic (exact) mass is 316 g/mol. The number of rotatable bonds is 6. The van der Waals surface area contributed by atoms with Crippen molar-refractivity contribution in [3.8, 4) is 0 Å². The van der Waals surface area contributed by atoms with Gasteiger partial charge >= 0.3 is 6.03 Å². The molecule has 1 atom stereocenters. The predicted molar refractivity (Wildman–Crippen MR) is 82.3 cm³/mol. The molecule has 110 valence electrons. The van der Waals surface area contributed by atoms with Crippen LogP contribution in [-0.2, 0) is 0 Å². The first-order chi connectivity index (χ1) is 9.49. The number of carbonyl (C=O) groups is 1. The first kappa shape index (κ1) is 16.8. The van der Waals surface area contributed by atoms with Gasteiger partial charge in [0.05, 0.1) is 12.6 Å². The van der Waals surface area contributed by atoms with Gasteiger partial charge < -0.3 is 15.3 Å². The predicted octanol–water partition coefficient (Wildman–Crippen LogP) is 3.24. The molecule has 0 aliphatic carbocycles. The van der Waals surface area contributed by atoms with E-state index in [1.54, 1.807) is 24.3 Å². The van der Waals surface area contributed by atoms with Crippen molar-refractivity contribution >= 4 is 29.2 Å². The summed E-state index contributed by atoms with van der Waals surface area (Å²) in [6, 6.07) is 4.59. The van der Waals surface area contributed by atoms with Crippen LogP contribution >= 0.6 is 23.2 Å². The Bertz CT molecular complexity index is 480. The molecule has 20 heavy (non-hydrogen) atoms. The number of nitrogens with one attached hydrogen (secondary N) is 1. The van der Waals surface area contributed by atoms with Crippen LogP contribution in [0.15, 0.2) is 30.9 Å². The summed E-state index contributed by atoms with van der Waals surface area (Å²) in [6.07, 6.45) is 1.61. The summed E-state index contributed by atoms with van der Waals surface area (Å²) in [6.45, 7) is 5.94. The third-order valence-corrected chi connectivity index (χ3v) is 3.34. The van der Waals surface area contributed by atoms with Crippen molar-refractivity contribution in [3.05, 3.63) is 46.5 Å². The molecule has 4 nitrogen and oxygen atoms in total. The van der Waals surface area contributed by atoms with Crippen molar-refractivity contribution in [3.63, 3.8) is 0 Å². The molecule has 0 fully saturated rings. The van der Waals surface area contributed by atoms with Crippen LogP contribution < -0.4 is 5.32 Å². The van der Waals surface area contributed by atoms with Crippen molar-refractivity contribution < 1.29 is 9.90 Å². The van der Waals surface area contributed by atoms with Crippen molar-refractivity contribution in [2.75, 3.05) is 19.7 Å². The van der Waals surface area contributed by atoms with E-state index >= 15 is 0 Å². The average Bonchev–Trinajstić information content (AvgIpc) is 2.38. The van der Waals surface area contributed by atoms with Gasteiger partial charge in [0.25, 0.3) is 0 Å². The van der Waals surface area contributed by atoms with Crippen molar-refractivity contribution in [2.45, 2.75) is 13.0 Å². The van der Waals surface area contributed by atoms with Gasteiger partial charge in [-0.3, -0.25) is 0 Å². The highest BCUT2D eigenvalue weighted by Gasteiger charge is 2.17. The molecular formula is C14H18Cl2N2O2. The van der Waals surface area contributed by atoms with Crippen LogP contribution in [0.3, 0.4) is 0 Å². The van der Waals surface area contributed by atoms with Crippen LogP contribution in [0.2, 0.25) is 10.0 Å². The maximum atomic E-state index is 12.1. The zero-order valence-electron chi connectivity index (χ0n) is 11.3. The highest BCUT2D eigenvalue weighted by Crippen LogP contribution is 2.26. The lowest BCUT2D eigenvalue weighted by Crippen LogP contribution is -2.42. The van der Waals surface area contributed by atoms with Crippen molar-refractivity contribution in [2.24, 2.45) is 0 Å². The second-order valence-electron chi connectivity index (χ2n) is 4.30. The number of hydrogen-bond donors (Lipinski definition) is 2. The van der Waals surface area contributed by atoms with Gasteiger partial charge in [-0.15, -0.1) is 6.58 Å². The molecule has 1 aromatic carbocycles. The van der Waals surface area contributed by atoms with Crippen LogP contribution in [0, 0.1) is 0 Å². The number of amides is 2. The second kappa shape index (κ2) is 8.15. The summed E-state index contributed by atoms with van der Waals surface area (Å²) in [4.78, 5) is 13.5. The van der Waals surface area contributed by atoms with Crippen LogP contribution in [0.4, 0.5) is 4.79 Å². The Hall–Kier alpha value is -1.23. The van der Waals surface area contributed by atoms with Gasteiger partial charge in [0, 0.05) is 23.1 Å². The minimum atomic E-state index is -0.280. The fourth-order valence-corrected chi connectivity index (χ4v) is 2.33. The normalized spacial score (nSPS) is 11.8. The molecule has 1 unspecified atom stereocenters. The lowest BCUT2D eigenvalue weighted by atomic mass is 10.1. The zero-order chi connectivity index (χ0) is 15.1. The van der Waals surface area contributed by atoms with Gasteiger partial charge in [-0.2, -0.15) is 0 Å². The lowest BCUT2D eigenvalue weighted by Gasteiger charge is -2.24. The highest BCUT2D eigenvalue weighted by atomic mass is 35.5. The molecule has 0 radical (unpaired) electrons. The molecule has 1 aromatic rings. The van der Waals surface area contributed by atoms with E-state index < -0.39 is 0 Å². The van der Waals surface area contributed by atoms with E-state index in [-0.39, 0.29) is 25.2 Å². The van der Waals surface area contributed by atoms with E-state index in [4.69, 9.17) is 28.3 Å². The molecule has 6 heteroatoms. The van der Waals surface area contributed by atoms with Crippen LogP contribution in [-0.4, -0.2) is 35.7 Å². The van der Waals surface area contributed by atoms with Gasteiger partial charge in [-0.25, -0.2) is 4.79 Å². The topological polar surface area (TPSA) is 52.6 Å². The van der Waals surface area contributed by atoms with Gasteiger partial charge in [-0.05, 0) is 24.6 Å². The summed E-state index contributed by atoms with van der Waals surface area (Å²) in [5.74, 6) is 0. The Morgan fingerprint density at radius 2 is 2.25 bits per heavy atom. The Labute approximate surface area is 129 Å². The molecule has 0 heterocycles. The van der Waals surface area contributed by atoms with E-state index in [2.05, 4.69) is 11.9 Å². The molecule has 0 saturated carbocycles. The Balaban J connectivity index is 2.75. The second-order valence-corrected chi connectivity index (χ2v) is 5.14. The number of halogens is 2. The van der Waals surface area contributed by atoms with Gasteiger partial charge in [0.15, 0.2) is 0 Å². The largest absolute Gasteiger partial charge is 0.395 e. The summed E-state index contributed by atoms with van der Waals surface area (Å²) >= 11 is 11.9. The fourth-order valence-electron chi connectivity index (χ4n) is 1.76. The van der Waals surface area contributed by atoms with Gasteiger partial charge in [0.1, 0.15) is 0 Å². The average molecular weight is 317 g/mol. The molecular weight excluding hydrogens is 299 g/mol. The lowest BCUT2D eigenvalue weighted by molar-refractivity contribution is 0.181. The Morgan fingerprint density at radius 1 is 1.55 bits per heavy atom. The molecule has 2 N–H and O–H groups in total. The maximum absolute atomic E-state index is 12.1. The van der Waals surface area contributed by atoms with Crippen molar-refractivity contribution in [1.82, 2.24) is 10.2 Å². The third-order valence-electron chi connectivity index (χ3n) is 2.78. The minimum absolute atomic E-state index is 0.0999. The molecule has 2 amide bonds. The number of benzene rings is 1. The summed E-state index contributed by atoms with van der Waals surface area (Å²) in [7, 11) is 0. The Kier molecular flexibility index (Phi) is 6.85. The van der Waals surface area contributed by atoms with Gasteiger partial charge in [0.2, 0.25) is 0 Å². The standard InChI is InChI=1S/C14H18Cl2N2O2/c1-3-6-18(7-8-19)14(20)17-10(2)12-5-4-11(15)9-13(12)16/h3-5,9-10,19H,1,6-8H2,2H3,(H,17,20). The number of nitrogens with zero attached hydrogens (tertiary/aromatic N) is 1. The first-order valence-electron chi connectivity index (χ1n) is 6.21. The van der Waals surface area contributed by atoms with E-state index in [1.165, 1.54) is 4.90 Å². The van der Waals surface area contributed by atoms with Gasteiger partial charge in [-0.1, -0.05) is 35.3 Å². The summed E-state index contributed by atoms with van der Waals surface area (Å²) < 4.78 is 0. The third kappa shape index (κ3) is 4.71. The molecule has 0 aliphatic heterocycles. The minimum Gasteiger partial charge on any atom is -0.395 e. The van der Waals surface area contributed by atoms with Crippen LogP contribution in [0.1, 0.15) is 18.5 Å². The van der Waals surface area contributed by atoms with Crippen LogP contribution in [0.5, 0.6) is 0 Å². The quantitative estimate of drug-likeness (QED) is 0.791. The Morgan fingerprint density at radius 3 is 2.80 bits per heavy atom. The molecule has 0 spiro atoms. The summed E-state index contributed by atoms with van der Waals surface area (Å²) in [5.41, 5.74) is 0.784. The van der Waals surface area contributed by atoms with Crippen LogP contribution in [0.25, 0.3) is 0 Å². The SMILES string of the molecule is C=CCN(CCO)C(=O)NC(C)c1ccc(Cl)cc1Cl. The maximum Gasteiger partial charge on any atom is 0.318 e. The molecule has 0 bridgehead atoms. The number of hydrogen-bond acceptors (Lipinski definition) is 2. The first-order valence-corrected chi connectivity index (χ1v) is 6.97. The smallest absolute Gasteiger partial charge is 0.318 e. The molecule has 1 rings (SSSR count). The fraction of sp³-hybridized carbons (Fsp3) is 0.357. The van der Waals surface area contributed by atoms with Crippen molar-refractivity contribution in [1.29, 1.82) is 0 Å². The summed E-state index contributed by atoms with van der Waals surface area (Å²) in [5, 5.41) is 12.8. The number of carbonyl (C=O) groups excluding carboxylic acids is 1. The molecule has 0 aromatic heterocycles. The number of aliphatic hydroxyl groups is 1. The molecule has 0 aliphatic rings. The zero-order valence-corrected chi connectivity index (χ0v) is 12.8. The van der Waals surface area contributed by atoms with E-state index in [0.717, 1.165) is 5.56 Å². The van der Waals surface area contributed by atoms with E-state index in [9.17, 15) is 4.79 Å². The number of aliphatic hydroxyl groups excluding tert-OH is 1. The van der Waals surface area contributed by atoms with E-state index in [1.807, 2.05) is 6.92 Å². The molecule has 0 saturated heterocycles. The number of urea groups is 1. The highest BCUT2D eigenvalue weighted by molar-refractivity contribution is 6.35.